The predicted molar refractivity (Wildman–Crippen MR) is 130 cm³/mol. The highest BCUT2D eigenvalue weighted by Crippen LogP contribution is 2.41. The van der Waals surface area contributed by atoms with Crippen LogP contribution in [-0.4, -0.2) is 66.9 Å². The smallest absolute Gasteiger partial charge is 0.352 e. The minimum Gasteiger partial charge on any atom is -0.477 e. The second-order valence-corrected chi connectivity index (χ2v) is 10.9. The van der Waals surface area contributed by atoms with Crippen LogP contribution in [0.4, 0.5) is 16.2 Å². The fraction of sp³-hybridized carbons (Fsp3) is 0.300. The molecule has 1 aromatic heterocycles. The number of nitrogens with one attached hydrogen (secondary N) is 3. The zero-order chi connectivity index (χ0) is 24.4. The van der Waals surface area contributed by atoms with Crippen molar-refractivity contribution in [1.29, 1.82) is 0 Å². The SMILES string of the molecule is CC(=O)Nc1ccc(NC(=O)NC2C(=O)N3C(C(=O)O)=C(CSc4nnc(C)s4)CS[C@@H]23)cc1. The summed E-state index contributed by atoms with van der Waals surface area (Å²) in [7, 11) is 0. The topological polar surface area (TPSA) is 154 Å². The Morgan fingerprint density at radius 2 is 1.85 bits per heavy atom. The zero-order valence-corrected chi connectivity index (χ0v) is 20.5. The van der Waals surface area contributed by atoms with Crippen molar-refractivity contribution in [3.8, 4) is 0 Å². The Morgan fingerprint density at radius 3 is 2.44 bits per heavy atom. The molecule has 0 aliphatic carbocycles. The number of amides is 4. The van der Waals surface area contributed by atoms with Crippen LogP contribution in [0.2, 0.25) is 0 Å². The van der Waals surface area contributed by atoms with E-state index >= 15 is 0 Å². The maximum atomic E-state index is 12.8. The van der Waals surface area contributed by atoms with E-state index in [1.165, 1.54) is 46.7 Å². The number of aliphatic carboxylic acids is 1. The van der Waals surface area contributed by atoms with E-state index in [2.05, 4.69) is 26.1 Å². The third-order valence-electron chi connectivity index (χ3n) is 4.88. The Morgan fingerprint density at radius 1 is 1.18 bits per heavy atom. The Hall–Kier alpha value is -3.10. The molecular weight excluding hydrogens is 500 g/mol. The van der Waals surface area contributed by atoms with E-state index in [4.69, 9.17) is 0 Å². The Bertz CT molecular complexity index is 1180. The van der Waals surface area contributed by atoms with Crippen LogP contribution >= 0.6 is 34.9 Å². The van der Waals surface area contributed by atoms with Gasteiger partial charge >= 0.3 is 12.0 Å². The fourth-order valence-corrected chi connectivity index (χ4v) is 6.73. The molecular formula is C20H20N6O5S3. The van der Waals surface area contributed by atoms with E-state index in [0.717, 1.165) is 9.35 Å². The van der Waals surface area contributed by atoms with Gasteiger partial charge in [0.25, 0.3) is 5.91 Å². The number of fused-ring (bicyclic) bond motifs is 1. The summed E-state index contributed by atoms with van der Waals surface area (Å²) < 4.78 is 0.734. The minimum atomic E-state index is -1.18. The molecule has 11 nitrogen and oxygen atoms in total. The first-order valence-corrected chi connectivity index (χ1v) is 12.9. The maximum absolute atomic E-state index is 12.8. The molecule has 2 aliphatic rings. The van der Waals surface area contributed by atoms with Crippen molar-refractivity contribution in [1.82, 2.24) is 20.4 Å². The third-order valence-corrected chi connectivity index (χ3v) is 8.27. The van der Waals surface area contributed by atoms with Crippen LogP contribution in [0.3, 0.4) is 0 Å². The summed E-state index contributed by atoms with van der Waals surface area (Å²) in [5.74, 6) is -1.05. The van der Waals surface area contributed by atoms with Gasteiger partial charge in [0.05, 0.1) is 0 Å². The number of carboxylic acid groups (broad SMARTS) is 1. The number of aryl methyl sites for hydroxylation is 1. The number of hydrogen-bond donors (Lipinski definition) is 4. The first-order valence-electron chi connectivity index (χ1n) is 10.0. The van der Waals surface area contributed by atoms with Crippen LogP contribution < -0.4 is 16.0 Å². The molecule has 4 amide bonds. The van der Waals surface area contributed by atoms with Crippen molar-refractivity contribution in [3.05, 3.63) is 40.5 Å². The van der Waals surface area contributed by atoms with E-state index in [9.17, 15) is 24.3 Å². The molecule has 0 bridgehead atoms. The van der Waals surface area contributed by atoms with E-state index in [0.29, 0.717) is 28.5 Å². The van der Waals surface area contributed by atoms with Crippen LogP contribution in [0, 0.1) is 6.92 Å². The molecule has 34 heavy (non-hydrogen) atoms. The molecule has 0 radical (unpaired) electrons. The largest absolute Gasteiger partial charge is 0.477 e. The summed E-state index contributed by atoms with van der Waals surface area (Å²) in [4.78, 5) is 49.5. The Labute approximate surface area is 206 Å². The van der Waals surface area contributed by atoms with Crippen LogP contribution in [0.15, 0.2) is 39.9 Å². The predicted octanol–water partition coefficient (Wildman–Crippen LogP) is 2.34. The highest BCUT2D eigenvalue weighted by atomic mass is 32.2. The number of nitrogens with zero attached hydrogens (tertiary/aromatic N) is 3. The molecule has 3 heterocycles. The molecule has 4 rings (SSSR count). The number of anilines is 2. The van der Waals surface area contributed by atoms with Gasteiger partial charge < -0.3 is 21.1 Å². The normalized spacial score (nSPS) is 19.2. The van der Waals surface area contributed by atoms with Gasteiger partial charge in [0.2, 0.25) is 5.91 Å². The van der Waals surface area contributed by atoms with Gasteiger partial charge in [-0.2, -0.15) is 0 Å². The quantitative estimate of drug-likeness (QED) is 0.318. The van der Waals surface area contributed by atoms with Crippen LogP contribution in [0.25, 0.3) is 0 Å². The van der Waals surface area contributed by atoms with Crippen molar-refractivity contribution in [2.24, 2.45) is 0 Å². The standard InChI is InChI=1S/C20H20N6O5S3/c1-9(27)21-12-3-5-13(6-4-12)22-19(31)23-14-16(28)26-15(18(29)30)11(7-32-17(14)26)8-33-20-25-24-10(2)34-20/h3-6,14,17H,7-8H2,1-2H3,(H,21,27)(H,29,30)(H2,22,23,31)/t14?,17-/m0/s1. The van der Waals surface area contributed by atoms with E-state index in [1.54, 1.807) is 24.3 Å². The van der Waals surface area contributed by atoms with Crippen molar-refractivity contribution >= 4 is 70.1 Å². The van der Waals surface area contributed by atoms with Gasteiger partial charge in [0.1, 0.15) is 22.1 Å². The van der Waals surface area contributed by atoms with E-state index in [-0.39, 0.29) is 11.6 Å². The zero-order valence-electron chi connectivity index (χ0n) is 18.0. The van der Waals surface area contributed by atoms with Gasteiger partial charge in [-0.25, -0.2) is 9.59 Å². The van der Waals surface area contributed by atoms with E-state index in [1.807, 2.05) is 6.92 Å². The Balaban J connectivity index is 1.38. The number of benzene rings is 1. The molecule has 178 valence electrons. The first kappa shape index (κ1) is 24.0. The number of rotatable bonds is 7. The highest BCUT2D eigenvalue weighted by Gasteiger charge is 2.54. The molecule has 1 aromatic carbocycles. The number of urea groups is 1. The summed E-state index contributed by atoms with van der Waals surface area (Å²) in [5.41, 5.74) is 1.66. The lowest BCUT2D eigenvalue weighted by Gasteiger charge is -2.49. The van der Waals surface area contributed by atoms with Crippen molar-refractivity contribution in [3.63, 3.8) is 0 Å². The Kier molecular flexibility index (Phi) is 7.09. The van der Waals surface area contributed by atoms with Gasteiger partial charge in [0, 0.05) is 29.8 Å². The number of thioether (sulfide) groups is 2. The molecule has 0 spiro atoms. The molecule has 2 aliphatic heterocycles. The van der Waals surface area contributed by atoms with Crippen LogP contribution in [0.5, 0.6) is 0 Å². The third kappa shape index (κ3) is 5.18. The summed E-state index contributed by atoms with van der Waals surface area (Å²) >= 11 is 4.21. The highest BCUT2D eigenvalue weighted by molar-refractivity contribution is 8.01. The number of aromatic nitrogens is 2. The van der Waals surface area contributed by atoms with Crippen LogP contribution in [0.1, 0.15) is 11.9 Å². The number of carboxylic acids is 1. The lowest BCUT2D eigenvalue weighted by Crippen LogP contribution is -2.71. The van der Waals surface area contributed by atoms with Gasteiger partial charge in [0.15, 0.2) is 4.34 Å². The molecule has 1 saturated heterocycles. The van der Waals surface area contributed by atoms with Gasteiger partial charge in [-0.05, 0) is 36.8 Å². The average molecular weight is 521 g/mol. The molecule has 2 atom stereocenters. The maximum Gasteiger partial charge on any atom is 0.352 e. The number of carbonyl (C=O) groups is 4. The summed E-state index contributed by atoms with van der Waals surface area (Å²) in [6.07, 6.45) is 0. The summed E-state index contributed by atoms with van der Waals surface area (Å²) in [6.45, 7) is 3.24. The molecule has 0 saturated carbocycles. The summed E-state index contributed by atoms with van der Waals surface area (Å²) in [6, 6.07) is 5.08. The second kappa shape index (κ2) is 10.0. The van der Waals surface area contributed by atoms with Crippen LogP contribution in [-0.2, 0) is 14.4 Å². The molecule has 14 heteroatoms. The minimum absolute atomic E-state index is 0.0329. The second-order valence-electron chi connectivity index (χ2n) is 7.38. The van der Waals surface area contributed by atoms with Gasteiger partial charge in [-0.1, -0.05) is 23.1 Å². The van der Waals surface area contributed by atoms with E-state index < -0.39 is 29.3 Å². The summed E-state index contributed by atoms with van der Waals surface area (Å²) in [5, 5.41) is 26.0. The molecule has 2 aromatic rings. The number of β-lactam (4-membered cyclic amide) rings is 1. The lowest BCUT2D eigenvalue weighted by molar-refractivity contribution is -0.148. The lowest BCUT2D eigenvalue weighted by atomic mass is 10.0. The number of hydrogen-bond acceptors (Lipinski definition) is 9. The average Bonchev–Trinajstić information content (AvgIpc) is 3.21. The number of carbonyl (C=O) groups excluding carboxylic acids is 3. The van der Waals surface area contributed by atoms with Crippen molar-refractivity contribution in [2.45, 2.75) is 29.6 Å². The van der Waals surface area contributed by atoms with Crippen molar-refractivity contribution in [2.75, 3.05) is 22.1 Å². The molecule has 1 unspecified atom stereocenters. The molecule has 4 N–H and O–H groups in total. The molecule has 1 fully saturated rings. The first-order chi connectivity index (χ1) is 16.2. The fourth-order valence-electron chi connectivity index (χ4n) is 3.43. The van der Waals surface area contributed by atoms with Gasteiger partial charge in [-0.3, -0.25) is 14.5 Å². The van der Waals surface area contributed by atoms with Crippen molar-refractivity contribution < 1.29 is 24.3 Å². The monoisotopic (exact) mass is 520 g/mol. The van der Waals surface area contributed by atoms with Gasteiger partial charge in [-0.15, -0.1) is 22.0 Å².